The molecular weight excluding hydrogens is 216 g/mol. The molecule has 0 saturated carbocycles. The summed E-state index contributed by atoms with van der Waals surface area (Å²) in [4.78, 5) is 28.2. The number of aromatic carboxylic acids is 1. The largest absolute Gasteiger partial charge is 0.476 e. The average Bonchev–Trinajstić information content (AvgIpc) is 2.45. The smallest absolute Gasteiger partial charge is 0.356 e. The van der Waals surface area contributed by atoms with Gasteiger partial charge >= 0.3 is 5.97 Å². The normalized spacial score (nSPS) is 14.9. The molecule has 0 atom stereocenters. The fourth-order valence-electron chi connectivity index (χ4n) is 1.34. The lowest BCUT2D eigenvalue weighted by Gasteiger charge is -2.30. The van der Waals surface area contributed by atoms with Crippen LogP contribution in [0.3, 0.4) is 0 Å². The summed E-state index contributed by atoms with van der Waals surface area (Å²) in [5.41, 5.74) is -0.116. The maximum atomic E-state index is 11.2. The second kappa shape index (κ2) is 3.62. The maximum Gasteiger partial charge on any atom is 0.356 e. The summed E-state index contributed by atoms with van der Waals surface area (Å²) in [5.74, 6) is -1.38. The molecule has 0 unspecified atom stereocenters. The first-order valence-corrected chi connectivity index (χ1v) is 5.41. The van der Waals surface area contributed by atoms with Gasteiger partial charge in [-0.2, -0.15) is 0 Å². The van der Waals surface area contributed by atoms with Gasteiger partial charge in [-0.05, 0) is 6.42 Å². The summed E-state index contributed by atoms with van der Waals surface area (Å²) >= 11 is 1.16. The molecule has 1 aromatic heterocycles. The van der Waals surface area contributed by atoms with Crippen molar-refractivity contribution in [2.24, 2.45) is 0 Å². The molecule has 0 aliphatic carbocycles. The molecule has 0 amide bonds. The van der Waals surface area contributed by atoms with Crippen LogP contribution in [0.5, 0.6) is 0 Å². The molecule has 80 valence electrons. The number of anilines is 1. The van der Waals surface area contributed by atoms with Crippen LogP contribution in [-0.2, 0) is 0 Å². The third-order valence-corrected chi connectivity index (χ3v) is 3.48. The van der Waals surface area contributed by atoms with Crippen LogP contribution in [0.1, 0.15) is 33.5 Å². The van der Waals surface area contributed by atoms with Gasteiger partial charge in [0.25, 0.3) is 0 Å². The van der Waals surface area contributed by atoms with Gasteiger partial charge in [0.1, 0.15) is 4.88 Å². The van der Waals surface area contributed by atoms with Gasteiger partial charge in [-0.15, -0.1) is 0 Å². The standard InChI is InChI=1S/C9H10N2O3S/c1-5(12)7-6(8(13)14)10-9(15-7)11-3-2-4-11/h2-4H2,1H3,(H,13,14). The van der Waals surface area contributed by atoms with E-state index in [0.717, 1.165) is 30.8 Å². The van der Waals surface area contributed by atoms with Crippen molar-refractivity contribution in [3.63, 3.8) is 0 Å². The fourth-order valence-corrected chi connectivity index (χ4v) is 2.34. The Balaban J connectivity index is 2.39. The van der Waals surface area contributed by atoms with Crippen molar-refractivity contribution in [1.82, 2.24) is 4.98 Å². The number of carbonyl (C=O) groups is 2. The zero-order chi connectivity index (χ0) is 11.0. The van der Waals surface area contributed by atoms with Crippen LogP contribution >= 0.6 is 11.3 Å². The van der Waals surface area contributed by atoms with Crippen molar-refractivity contribution in [3.05, 3.63) is 10.6 Å². The summed E-state index contributed by atoms with van der Waals surface area (Å²) in [5, 5.41) is 9.52. The third kappa shape index (κ3) is 1.72. The molecule has 1 fully saturated rings. The van der Waals surface area contributed by atoms with E-state index in [1.165, 1.54) is 6.92 Å². The highest BCUT2D eigenvalue weighted by Gasteiger charge is 2.25. The number of carboxylic acids is 1. The zero-order valence-electron chi connectivity index (χ0n) is 8.19. The number of hydrogen-bond acceptors (Lipinski definition) is 5. The van der Waals surface area contributed by atoms with Crippen LogP contribution < -0.4 is 4.90 Å². The predicted octanol–water partition coefficient (Wildman–Crippen LogP) is 1.25. The van der Waals surface area contributed by atoms with Gasteiger partial charge in [-0.1, -0.05) is 11.3 Å². The van der Waals surface area contributed by atoms with E-state index in [-0.39, 0.29) is 16.4 Å². The topological polar surface area (TPSA) is 70.5 Å². The number of aromatic nitrogens is 1. The Kier molecular flexibility index (Phi) is 2.44. The molecule has 0 aromatic carbocycles. The van der Waals surface area contributed by atoms with Crippen LogP contribution in [-0.4, -0.2) is 34.9 Å². The van der Waals surface area contributed by atoms with Crippen LogP contribution in [0.2, 0.25) is 0 Å². The maximum absolute atomic E-state index is 11.2. The highest BCUT2D eigenvalue weighted by atomic mass is 32.1. The summed E-state index contributed by atoms with van der Waals surface area (Å²) in [6, 6.07) is 0. The molecule has 15 heavy (non-hydrogen) atoms. The van der Waals surface area contributed by atoms with Crippen LogP contribution in [0.25, 0.3) is 0 Å². The van der Waals surface area contributed by atoms with Crippen LogP contribution in [0.15, 0.2) is 0 Å². The van der Waals surface area contributed by atoms with Crippen molar-refractivity contribution in [2.45, 2.75) is 13.3 Å². The van der Waals surface area contributed by atoms with Gasteiger partial charge in [0.2, 0.25) is 0 Å². The molecule has 0 spiro atoms. The quantitative estimate of drug-likeness (QED) is 0.785. The molecule has 1 saturated heterocycles. The van der Waals surface area contributed by atoms with Crippen LogP contribution in [0, 0.1) is 0 Å². The lowest BCUT2D eigenvalue weighted by molar-refractivity contribution is 0.0687. The molecular formula is C9H10N2O3S. The van der Waals surface area contributed by atoms with Crippen LogP contribution in [0.4, 0.5) is 5.13 Å². The van der Waals surface area contributed by atoms with Gasteiger partial charge in [-0.3, -0.25) is 4.79 Å². The molecule has 1 N–H and O–H groups in total. The lowest BCUT2D eigenvalue weighted by atomic mass is 10.2. The first-order valence-electron chi connectivity index (χ1n) is 4.59. The summed E-state index contributed by atoms with van der Waals surface area (Å²) < 4.78 is 0. The number of carbonyl (C=O) groups excluding carboxylic acids is 1. The number of ketones is 1. The summed E-state index contributed by atoms with van der Waals surface area (Å²) in [6.45, 7) is 3.15. The molecule has 6 heteroatoms. The Labute approximate surface area is 90.4 Å². The SMILES string of the molecule is CC(=O)c1sc(N2CCC2)nc1C(=O)O. The minimum absolute atomic E-state index is 0.116. The number of rotatable bonds is 3. The molecule has 1 aromatic rings. The van der Waals surface area contributed by atoms with Crippen molar-refractivity contribution in [3.8, 4) is 0 Å². The predicted molar refractivity (Wildman–Crippen MR) is 55.9 cm³/mol. The van der Waals surface area contributed by atoms with E-state index in [0.29, 0.717) is 5.13 Å². The Morgan fingerprint density at radius 2 is 2.13 bits per heavy atom. The second-order valence-corrected chi connectivity index (χ2v) is 4.35. The van der Waals surface area contributed by atoms with E-state index in [1.807, 2.05) is 4.90 Å². The molecule has 2 heterocycles. The third-order valence-electron chi connectivity index (χ3n) is 2.26. The Hall–Kier alpha value is -1.43. The summed E-state index contributed by atoms with van der Waals surface area (Å²) in [6.07, 6.45) is 1.09. The molecule has 5 nitrogen and oxygen atoms in total. The minimum Gasteiger partial charge on any atom is -0.476 e. The second-order valence-electron chi connectivity index (χ2n) is 3.38. The van der Waals surface area contributed by atoms with Gasteiger partial charge in [0.05, 0.1) is 0 Å². The van der Waals surface area contributed by atoms with Gasteiger partial charge in [0.15, 0.2) is 16.6 Å². The number of hydrogen-bond donors (Lipinski definition) is 1. The molecule has 1 aliphatic heterocycles. The van der Waals surface area contributed by atoms with E-state index in [4.69, 9.17) is 5.11 Å². The Morgan fingerprint density at radius 3 is 2.47 bits per heavy atom. The van der Waals surface area contributed by atoms with E-state index >= 15 is 0 Å². The van der Waals surface area contributed by atoms with E-state index < -0.39 is 5.97 Å². The minimum atomic E-state index is -1.14. The number of nitrogens with zero attached hydrogens (tertiary/aromatic N) is 2. The Morgan fingerprint density at radius 1 is 1.47 bits per heavy atom. The van der Waals surface area contributed by atoms with E-state index in [9.17, 15) is 9.59 Å². The van der Waals surface area contributed by atoms with Crippen molar-refractivity contribution >= 4 is 28.2 Å². The lowest BCUT2D eigenvalue weighted by Crippen LogP contribution is -2.36. The van der Waals surface area contributed by atoms with Gasteiger partial charge < -0.3 is 10.0 Å². The highest BCUT2D eigenvalue weighted by molar-refractivity contribution is 7.17. The zero-order valence-corrected chi connectivity index (χ0v) is 9.00. The molecule has 2 rings (SSSR count). The summed E-state index contributed by atoms with van der Waals surface area (Å²) in [7, 11) is 0. The van der Waals surface area contributed by atoms with E-state index in [2.05, 4.69) is 4.98 Å². The van der Waals surface area contributed by atoms with Gasteiger partial charge in [0, 0.05) is 20.0 Å². The van der Waals surface area contributed by atoms with Crippen molar-refractivity contribution in [1.29, 1.82) is 0 Å². The van der Waals surface area contributed by atoms with Gasteiger partial charge in [-0.25, -0.2) is 9.78 Å². The highest BCUT2D eigenvalue weighted by Crippen LogP contribution is 2.29. The number of thiazole rings is 1. The molecule has 0 bridgehead atoms. The Bertz CT molecular complexity index is 391. The number of carboxylic acid groups (broad SMARTS) is 1. The van der Waals surface area contributed by atoms with Crippen molar-refractivity contribution < 1.29 is 14.7 Å². The first kappa shape index (κ1) is 10.1. The van der Waals surface area contributed by atoms with Crippen molar-refractivity contribution in [2.75, 3.05) is 18.0 Å². The monoisotopic (exact) mass is 226 g/mol. The number of Topliss-reactive ketones (excluding diaryl/α,β-unsaturated/α-hetero) is 1. The first-order chi connectivity index (χ1) is 7.09. The fraction of sp³-hybridized carbons (Fsp3) is 0.444. The molecule has 0 radical (unpaired) electrons. The molecule has 1 aliphatic rings. The average molecular weight is 226 g/mol. The van der Waals surface area contributed by atoms with E-state index in [1.54, 1.807) is 0 Å².